The third kappa shape index (κ3) is 2.94. The molecule has 18 heavy (non-hydrogen) atoms. The summed E-state index contributed by atoms with van der Waals surface area (Å²) in [6, 6.07) is -0.0347. The van der Waals surface area contributed by atoms with E-state index < -0.39 is 0 Å². The molecule has 1 aliphatic rings. The van der Waals surface area contributed by atoms with E-state index in [0.717, 1.165) is 12.8 Å². The van der Waals surface area contributed by atoms with Gasteiger partial charge >= 0.3 is 5.69 Å². The van der Waals surface area contributed by atoms with Crippen molar-refractivity contribution in [1.82, 2.24) is 20.1 Å². The van der Waals surface area contributed by atoms with Gasteiger partial charge in [-0.25, -0.2) is 9.89 Å². The second-order valence-electron chi connectivity index (χ2n) is 4.29. The third-order valence-corrected chi connectivity index (χ3v) is 3.90. The molecule has 8 heteroatoms. The number of carbonyl (C=O) groups is 1. The highest BCUT2D eigenvalue weighted by molar-refractivity contribution is 7.99. The van der Waals surface area contributed by atoms with Crippen LogP contribution >= 0.6 is 11.8 Å². The Bertz CT molecular complexity index is 479. The number of rotatable bonds is 7. The molecule has 4 N–H and O–H groups in total. The van der Waals surface area contributed by atoms with E-state index in [1.165, 1.54) is 11.8 Å². The number of carbonyl (C=O) groups excluding carboxylic acids is 1. The number of nitrogens with zero attached hydrogens (tertiary/aromatic N) is 2. The normalized spacial score (nSPS) is 16.7. The number of thioether (sulfide) groups is 1. The molecule has 2 rings (SSSR count). The first-order chi connectivity index (χ1) is 8.63. The van der Waals surface area contributed by atoms with Crippen LogP contribution in [0.25, 0.3) is 0 Å². The van der Waals surface area contributed by atoms with E-state index in [1.54, 1.807) is 11.6 Å². The lowest BCUT2D eigenvalue weighted by atomic mass is 10.2. The van der Waals surface area contributed by atoms with Gasteiger partial charge in [0.05, 0.1) is 6.04 Å². The van der Waals surface area contributed by atoms with Gasteiger partial charge in [-0.15, -0.1) is 5.10 Å². The van der Waals surface area contributed by atoms with E-state index in [2.05, 4.69) is 15.5 Å². The largest absolute Gasteiger partial charge is 0.368 e. The lowest BCUT2D eigenvalue weighted by molar-refractivity contribution is -0.119. The van der Waals surface area contributed by atoms with Gasteiger partial charge in [-0.3, -0.25) is 9.36 Å². The van der Waals surface area contributed by atoms with Crippen molar-refractivity contribution in [2.75, 3.05) is 12.8 Å². The summed E-state index contributed by atoms with van der Waals surface area (Å²) >= 11 is 1.47. The maximum absolute atomic E-state index is 11.5. The summed E-state index contributed by atoms with van der Waals surface area (Å²) in [5, 5.41) is 10.0. The molecule has 0 aliphatic heterocycles. The highest BCUT2D eigenvalue weighted by Crippen LogP contribution is 2.36. The van der Waals surface area contributed by atoms with E-state index in [0.29, 0.717) is 23.4 Å². The molecular weight excluding hydrogens is 254 g/mol. The van der Waals surface area contributed by atoms with Gasteiger partial charge in [-0.05, 0) is 26.3 Å². The monoisotopic (exact) mass is 271 g/mol. The Morgan fingerprint density at radius 1 is 1.72 bits per heavy atom. The van der Waals surface area contributed by atoms with Gasteiger partial charge in [-0.1, -0.05) is 11.8 Å². The van der Waals surface area contributed by atoms with Gasteiger partial charge in [0.25, 0.3) is 0 Å². The number of nitrogens with one attached hydrogen (secondary N) is 2. The van der Waals surface area contributed by atoms with Crippen molar-refractivity contribution in [3.63, 3.8) is 0 Å². The average molecular weight is 271 g/mol. The summed E-state index contributed by atoms with van der Waals surface area (Å²) in [5.41, 5.74) is 5.08. The molecule has 1 atom stereocenters. The standard InChI is InChI=1S/C10H17N5O2S/c1-12-7(8(11)16)4-5-18-10-14-13-9(17)15(10)6-2-3-6/h6-7,12H,2-5H2,1H3,(H2,11,16)(H,13,17). The number of nitrogens with two attached hydrogens (primary N) is 1. The van der Waals surface area contributed by atoms with Crippen molar-refractivity contribution in [3.05, 3.63) is 10.5 Å². The predicted molar refractivity (Wildman–Crippen MR) is 68.5 cm³/mol. The molecular formula is C10H17N5O2S. The Morgan fingerprint density at radius 2 is 2.44 bits per heavy atom. The number of H-pyrrole nitrogens is 1. The summed E-state index contributed by atoms with van der Waals surface area (Å²) in [7, 11) is 1.70. The van der Waals surface area contributed by atoms with Crippen LogP contribution in [-0.2, 0) is 4.79 Å². The molecule has 0 bridgehead atoms. The van der Waals surface area contributed by atoms with E-state index >= 15 is 0 Å². The number of primary amides is 1. The zero-order valence-electron chi connectivity index (χ0n) is 10.2. The van der Waals surface area contributed by atoms with Gasteiger partial charge in [0.2, 0.25) is 5.91 Å². The summed E-state index contributed by atoms with van der Waals surface area (Å²) < 4.78 is 1.70. The fourth-order valence-corrected chi connectivity index (χ4v) is 2.76. The molecule has 1 unspecified atom stereocenters. The van der Waals surface area contributed by atoms with Crippen molar-refractivity contribution in [3.8, 4) is 0 Å². The molecule has 100 valence electrons. The Hall–Kier alpha value is -1.28. The Balaban J connectivity index is 1.90. The molecule has 0 radical (unpaired) electrons. The number of aromatic amines is 1. The molecule has 0 aromatic carbocycles. The summed E-state index contributed by atoms with van der Waals surface area (Å²) in [6.07, 6.45) is 2.68. The van der Waals surface area contributed by atoms with Crippen LogP contribution in [0, 0.1) is 0 Å². The van der Waals surface area contributed by atoms with Crippen LogP contribution < -0.4 is 16.7 Å². The fraction of sp³-hybridized carbons (Fsp3) is 0.700. The second-order valence-corrected chi connectivity index (χ2v) is 5.36. The quantitative estimate of drug-likeness (QED) is 0.578. The minimum Gasteiger partial charge on any atom is -0.368 e. The minimum atomic E-state index is -0.361. The molecule has 1 saturated carbocycles. The van der Waals surface area contributed by atoms with Gasteiger partial charge in [-0.2, -0.15) is 0 Å². The molecule has 1 aromatic heterocycles. The lowest BCUT2D eigenvalue weighted by Crippen LogP contribution is -2.39. The molecule has 0 spiro atoms. The van der Waals surface area contributed by atoms with Crippen LogP contribution in [-0.4, -0.2) is 39.5 Å². The van der Waals surface area contributed by atoms with Crippen LogP contribution in [0.1, 0.15) is 25.3 Å². The number of hydrogen-bond donors (Lipinski definition) is 3. The van der Waals surface area contributed by atoms with Gasteiger partial charge in [0.15, 0.2) is 5.16 Å². The van der Waals surface area contributed by atoms with Crippen LogP contribution in [0.15, 0.2) is 9.95 Å². The van der Waals surface area contributed by atoms with Gasteiger partial charge in [0.1, 0.15) is 0 Å². The number of amides is 1. The minimum absolute atomic E-state index is 0.153. The Kier molecular flexibility index (Phi) is 4.07. The summed E-state index contributed by atoms with van der Waals surface area (Å²) in [4.78, 5) is 22.6. The van der Waals surface area contributed by atoms with E-state index in [9.17, 15) is 9.59 Å². The summed E-state index contributed by atoms with van der Waals surface area (Å²) in [5.74, 6) is 0.325. The Labute approximate surface area is 109 Å². The zero-order valence-corrected chi connectivity index (χ0v) is 11.0. The number of likely N-dealkylation sites (N-methyl/N-ethyl adjacent to an activating group) is 1. The van der Waals surface area contributed by atoms with Crippen LogP contribution in [0.2, 0.25) is 0 Å². The molecule has 1 fully saturated rings. The third-order valence-electron chi connectivity index (χ3n) is 2.91. The maximum Gasteiger partial charge on any atom is 0.344 e. The van der Waals surface area contributed by atoms with Crippen molar-refractivity contribution in [2.45, 2.75) is 36.5 Å². The van der Waals surface area contributed by atoms with Gasteiger partial charge < -0.3 is 11.1 Å². The first kappa shape index (κ1) is 13.2. The maximum atomic E-state index is 11.5. The van der Waals surface area contributed by atoms with Crippen molar-refractivity contribution in [2.24, 2.45) is 5.73 Å². The first-order valence-corrected chi connectivity index (χ1v) is 6.88. The van der Waals surface area contributed by atoms with E-state index in [1.807, 2.05) is 0 Å². The lowest BCUT2D eigenvalue weighted by Gasteiger charge is -2.11. The molecule has 0 saturated heterocycles. The number of hydrogen-bond acceptors (Lipinski definition) is 5. The van der Waals surface area contributed by atoms with Crippen LogP contribution in [0.5, 0.6) is 0 Å². The molecule has 1 aliphatic carbocycles. The van der Waals surface area contributed by atoms with Crippen LogP contribution in [0.4, 0.5) is 0 Å². The molecule has 1 amide bonds. The van der Waals surface area contributed by atoms with Crippen molar-refractivity contribution < 1.29 is 4.79 Å². The Morgan fingerprint density at radius 3 is 3.00 bits per heavy atom. The smallest absolute Gasteiger partial charge is 0.344 e. The SMILES string of the molecule is CNC(CCSc1n[nH]c(=O)n1C1CC1)C(N)=O. The topological polar surface area (TPSA) is 106 Å². The fourth-order valence-electron chi connectivity index (χ4n) is 1.74. The predicted octanol–water partition coefficient (Wildman–Crippen LogP) is -0.538. The second kappa shape index (κ2) is 5.57. The highest BCUT2D eigenvalue weighted by Gasteiger charge is 2.28. The summed E-state index contributed by atoms with van der Waals surface area (Å²) in [6.45, 7) is 0. The molecule has 1 aromatic rings. The van der Waals surface area contributed by atoms with Crippen molar-refractivity contribution >= 4 is 17.7 Å². The van der Waals surface area contributed by atoms with Crippen LogP contribution in [0.3, 0.4) is 0 Å². The molecule has 1 heterocycles. The van der Waals surface area contributed by atoms with Crippen molar-refractivity contribution in [1.29, 1.82) is 0 Å². The number of aromatic nitrogens is 3. The first-order valence-electron chi connectivity index (χ1n) is 5.89. The average Bonchev–Trinajstić information content (AvgIpc) is 3.09. The molecule has 7 nitrogen and oxygen atoms in total. The zero-order chi connectivity index (χ0) is 13.1. The van der Waals surface area contributed by atoms with E-state index in [-0.39, 0.29) is 17.6 Å². The highest BCUT2D eigenvalue weighted by atomic mass is 32.2. The van der Waals surface area contributed by atoms with Gasteiger partial charge in [0, 0.05) is 11.8 Å². The van der Waals surface area contributed by atoms with E-state index in [4.69, 9.17) is 5.73 Å².